The van der Waals surface area contributed by atoms with Crippen LogP contribution in [0.4, 0.5) is 30.9 Å². The molecule has 246 valence electrons. The van der Waals surface area contributed by atoms with Crippen molar-refractivity contribution in [1.82, 2.24) is 0 Å². The van der Waals surface area contributed by atoms with E-state index in [0.717, 1.165) is 18.2 Å². The molecule has 3 rings (SSSR count). The number of rotatable bonds is 16. The lowest BCUT2D eigenvalue weighted by Crippen LogP contribution is -2.06. The molecule has 0 aliphatic heterocycles. The van der Waals surface area contributed by atoms with Gasteiger partial charge in [-0.05, 0) is 43.4 Å². The van der Waals surface area contributed by atoms with Crippen molar-refractivity contribution in [2.75, 3.05) is 26.4 Å². The van der Waals surface area contributed by atoms with Gasteiger partial charge in [-0.15, -0.1) is 0 Å². The normalized spacial score (nSPS) is 10.4. The molecule has 3 aromatic carbocycles. The van der Waals surface area contributed by atoms with Crippen LogP contribution >= 0.6 is 0 Å². The maximum Gasteiger partial charge on any atom is 0.330 e. The van der Waals surface area contributed by atoms with Gasteiger partial charge in [0.15, 0.2) is 23.2 Å². The van der Waals surface area contributed by atoms with Gasteiger partial charge >= 0.3 is 5.97 Å². The standard InChI is InChI=1S/C26H31F3O5.C6H2F4O/c1-4-9-32-23-15-19(31-11-7-8-12-34-25(30)6-3)16-24(33-10-5-2)26(23)18-13-21(28)20(17-27)22(29)14-18;7-4-1-3(11-10)2-5(8)6(4)9/h6,13-16H,3-5,7-12,17H2,1-2H3;1-2H. The first-order chi connectivity index (χ1) is 21.6. The number of carbonyl (C=O) groups excluding carboxylic acids is 1. The summed E-state index contributed by atoms with van der Waals surface area (Å²) in [7, 11) is 0. The molecule has 13 heteroatoms. The molecule has 0 aliphatic rings. The van der Waals surface area contributed by atoms with E-state index in [-0.39, 0.29) is 12.2 Å². The number of hydrogen-bond acceptors (Lipinski definition) is 6. The molecule has 0 aromatic heterocycles. The molecule has 0 N–H and O–H groups in total. The van der Waals surface area contributed by atoms with Crippen LogP contribution in [0.3, 0.4) is 0 Å². The molecule has 0 bridgehead atoms. The third kappa shape index (κ3) is 11.2. The fraction of sp³-hybridized carbons (Fsp3) is 0.344. The molecule has 0 heterocycles. The first-order valence-corrected chi connectivity index (χ1v) is 13.9. The maximum atomic E-state index is 14.4. The summed E-state index contributed by atoms with van der Waals surface area (Å²) in [6.07, 6.45) is 3.76. The van der Waals surface area contributed by atoms with Crippen molar-refractivity contribution in [3.8, 4) is 34.1 Å². The van der Waals surface area contributed by atoms with Gasteiger partial charge in [0, 0.05) is 34.9 Å². The minimum absolute atomic E-state index is 0.181. The molecule has 0 saturated carbocycles. The molecular formula is C32H33F7O6. The van der Waals surface area contributed by atoms with E-state index in [4.69, 9.17) is 18.9 Å². The SMILES string of the molecule is C=CC(=O)OCCCCOc1cc(OCCC)c(-c2cc(F)c(CF)c(F)c2)c(OCCC)c1.FOc1cc(F)c(F)c(F)c1. The van der Waals surface area contributed by atoms with Gasteiger partial charge in [-0.25, -0.2) is 31.1 Å². The number of benzene rings is 3. The highest BCUT2D eigenvalue weighted by Crippen LogP contribution is 2.43. The van der Waals surface area contributed by atoms with Gasteiger partial charge in [0.25, 0.3) is 0 Å². The molecular weight excluding hydrogens is 613 g/mol. The Labute approximate surface area is 256 Å². The lowest BCUT2D eigenvalue weighted by Gasteiger charge is -2.19. The Bertz CT molecular complexity index is 1340. The van der Waals surface area contributed by atoms with E-state index in [2.05, 4.69) is 11.5 Å². The van der Waals surface area contributed by atoms with E-state index in [1.54, 1.807) is 12.1 Å². The lowest BCUT2D eigenvalue weighted by atomic mass is 10.0. The highest BCUT2D eigenvalue weighted by molar-refractivity contribution is 5.81. The van der Waals surface area contributed by atoms with Crippen LogP contribution in [0, 0.1) is 29.1 Å². The Morgan fingerprint density at radius 3 is 1.73 bits per heavy atom. The average molecular weight is 647 g/mol. The zero-order chi connectivity index (χ0) is 33.4. The average Bonchev–Trinajstić information content (AvgIpc) is 3.02. The topological polar surface area (TPSA) is 63.2 Å². The van der Waals surface area contributed by atoms with Crippen molar-refractivity contribution in [2.45, 2.75) is 46.2 Å². The van der Waals surface area contributed by atoms with Crippen molar-refractivity contribution < 1.29 is 59.6 Å². The summed E-state index contributed by atoms with van der Waals surface area (Å²) in [6.45, 7) is 7.31. The van der Waals surface area contributed by atoms with Crippen LogP contribution in [-0.4, -0.2) is 32.4 Å². The fourth-order valence-electron chi connectivity index (χ4n) is 3.66. The number of carbonyl (C=O) groups is 1. The highest BCUT2D eigenvalue weighted by Gasteiger charge is 2.20. The number of hydrogen-bond donors (Lipinski definition) is 0. The van der Waals surface area contributed by atoms with Crippen LogP contribution in [0.25, 0.3) is 11.1 Å². The number of halogens is 7. The monoisotopic (exact) mass is 646 g/mol. The van der Waals surface area contributed by atoms with Crippen molar-refractivity contribution in [3.05, 3.63) is 83.7 Å². The first kappa shape index (κ1) is 36.8. The molecule has 3 aromatic rings. The van der Waals surface area contributed by atoms with E-state index < -0.39 is 53.0 Å². The predicted molar refractivity (Wildman–Crippen MR) is 152 cm³/mol. The van der Waals surface area contributed by atoms with Crippen LogP contribution in [0.2, 0.25) is 0 Å². The molecule has 45 heavy (non-hydrogen) atoms. The predicted octanol–water partition coefficient (Wildman–Crippen LogP) is 8.93. The van der Waals surface area contributed by atoms with Crippen molar-refractivity contribution in [1.29, 1.82) is 0 Å². The number of esters is 1. The van der Waals surface area contributed by atoms with Crippen molar-refractivity contribution in [3.63, 3.8) is 0 Å². The van der Waals surface area contributed by atoms with Gasteiger partial charge in [0.2, 0.25) is 0 Å². The van der Waals surface area contributed by atoms with Gasteiger partial charge in [-0.3, -0.25) is 4.94 Å². The summed E-state index contributed by atoms with van der Waals surface area (Å²) in [5.41, 5.74) is -0.0664. The number of ether oxygens (including phenoxy) is 4. The van der Waals surface area contributed by atoms with Crippen molar-refractivity contribution in [2.24, 2.45) is 0 Å². The van der Waals surface area contributed by atoms with E-state index in [1.165, 1.54) is 0 Å². The molecule has 0 aliphatic carbocycles. The Hall–Kier alpha value is -4.42. The Morgan fingerprint density at radius 1 is 0.733 bits per heavy atom. The van der Waals surface area contributed by atoms with Gasteiger partial charge in [-0.1, -0.05) is 20.4 Å². The molecule has 0 amide bonds. The third-order valence-corrected chi connectivity index (χ3v) is 5.79. The maximum absolute atomic E-state index is 14.4. The Balaban J connectivity index is 0.000000537. The minimum Gasteiger partial charge on any atom is -0.493 e. The number of unbranched alkanes of at least 4 members (excludes halogenated alkanes) is 1. The van der Waals surface area contributed by atoms with Gasteiger partial charge < -0.3 is 18.9 Å². The summed E-state index contributed by atoms with van der Waals surface area (Å²) < 4.78 is 112. The largest absolute Gasteiger partial charge is 0.493 e. The second-order valence-electron chi connectivity index (χ2n) is 9.25. The summed E-state index contributed by atoms with van der Waals surface area (Å²) in [5, 5.41) is 0. The second kappa shape index (κ2) is 19.1. The fourth-order valence-corrected chi connectivity index (χ4v) is 3.66. The molecule has 6 nitrogen and oxygen atoms in total. The molecule has 0 radical (unpaired) electrons. The van der Waals surface area contributed by atoms with Gasteiger partial charge in [0.1, 0.15) is 35.6 Å². The summed E-state index contributed by atoms with van der Waals surface area (Å²) in [5.74, 6) is -6.60. The van der Waals surface area contributed by atoms with Gasteiger partial charge in [-0.2, -0.15) is 0 Å². The molecule has 0 fully saturated rings. The van der Waals surface area contributed by atoms with Crippen molar-refractivity contribution >= 4 is 5.97 Å². The van der Waals surface area contributed by atoms with Crippen LogP contribution < -0.4 is 19.2 Å². The zero-order valence-corrected chi connectivity index (χ0v) is 24.7. The molecule has 0 spiro atoms. The van der Waals surface area contributed by atoms with Crippen LogP contribution in [0.1, 0.15) is 45.1 Å². The first-order valence-electron chi connectivity index (χ1n) is 13.9. The quantitative estimate of drug-likeness (QED) is 0.0509. The van der Waals surface area contributed by atoms with Crippen LogP contribution in [0.15, 0.2) is 49.1 Å². The van der Waals surface area contributed by atoms with Gasteiger partial charge in [0.05, 0.1) is 37.6 Å². The van der Waals surface area contributed by atoms with Crippen LogP contribution in [-0.2, 0) is 16.2 Å². The Kier molecular flexibility index (Phi) is 15.6. The van der Waals surface area contributed by atoms with Crippen LogP contribution in [0.5, 0.6) is 23.0 Å². The number of alkyl halides is 1. The highest BCUT2D eigenvalue weighted by atomic mass is 19.3. The summed E-state index contributed by atoms with van der Waals surface area (Å²) >= 11 is 0. The zero-order valence-electron chi connectivity index (χ0n) is 24.7. The smallest absolute Gasteiger partial charge is 0.330 e. The summed E-state index contributed by atoms with van der Waals surface area (Å²) in [6, 6.07) is 6.24. The summed E-state index contributed by atoms with van der Waals surface area (Å²) in [4.78, 5) is 14.1. The molecule has 0 atom stereocenters. The van der Waals surface area contributed by atoms with E-state index in [9.17, 15) is 35.7 Å². The minimum atomic E-state index is -1.65. The third-order valence-electron chi connectivity index (χ3n) is 5.79. The molecule has 0 saturated heterocycles. The lowest BCUT2D eigenvalue weighted by molar-refractivity contribution is -0.137. The molecule has 0 unspecified atom stereocenters. The van der Waals surface area contributed by atoms with E-state index in [1.807, 2.05) is 13.8 Å². The van der Waals surface area contributed by atoms with E-state index in [0.29, 0.717) is 80.4 Å². The van der Waals surface area contributed by atoms with E-state index >= 15 is 0 Å². The Morgan fingerprint density at radius 2 is 1.27 bits per heavy atom. The second-order valence-corrected chi connectivity index (χ2v) is 9.25.